The molecule has 0 amide bonds. The van der Waals surface area contributed by atoms with Gasteiger partial charge in [-0.15, -0.1) is 0 Å². The molecule has 1 heteroatoms. The van der Waals surface area contributed by atoms with Crippen molar-refractivity contribution in [2.75, 3.05) is 0 Å². The van der Waals surface area contributed by atoms with Gasteiger partial charge in [0, 0.05) is 0 Å². The highest BCUT2D eigenvalue weighted by Crippen LogP contribution is 2.69. The molecule has 2 fully saturated rings. The zero-order valence-corrected chi connectivity index (χ0v) is 10.6. The van der Waals surface area contributed by atoms with E-state index in [1.807, 2.05) is 0 Å². The molecule has 0 aromatic heterocycles. The molecule has 1 nitrogen and oxygen atoms in total. The van der Waals surface area contributed by atoms with Gasteiger partial charge in [-0.3, -0.25) is 4.79 Å². The summed E-state index contributed by atoms with van der Waals surface area (Å²) < 4.78 is 0. The van der Waals surface area contributed by atoms with E-state index in [0.717, 1.165) is 17.8 Å². The lowest BCUT2D eigenvalue weighted by Gasteiger charge is -2.36. The van der Waals surface area contributed by atoms with E-state index in [1.54, 1.807) is 0 Å². The molecule has 3 aliphatic carbocycles. The Bertz CT molecular complexity index is 366. The maximum absolute atomic E-state index is 11.2. The van der Waals surface area contributed by atoms with Crippen molar-refractivity contribution in [3.05, 3.63) is 11.6 Å². The van der Waals surface area contributed by atoms with Gasteiger partial charge in [0.1, 0.15) is 6.29 Å². The van der Waals surface area contributed by atoms with E-state index >= 15 is 0 Å². The average molecular weight is 218 g/mol. The van der Waals surface area contributed by atoms with Crippen LogP contribution < -0.4 is 0 Å². The van der Waals surface area contributed by atoms with Gasteiger partial charge in [0.25, 0.3) is 0 Å². The van der Waals surface area contributed by atoms with Crippen LogP contribution in [0, 0.1) is 28.6 Å². The highest BCUT2D eigenvalue weighted by Gasteiger charge is 2.62. The fraction of sp³-hybridized carbons (Fsp3) is 0.800. The zero-order chi connectivity index (χ0) is 11.6. The number of hydrogen-bond acceptors (Lipinski definition) is 1. The minimum Gasteiger partial charge on any atom is -0.298 e. The molecule has 1 spiro atoms. The highest BCUT2D eigenvalue weighted by atomic mass is 16.1. The van der Waals surface area contributed by atoms with Crippen molar-refractivity contribution in [1.29, 1.82) is 0 Å². The molecule has 2 saturated carbocycles. The van der Waals surface area contributed by atoms with Gasteiger partial charge in [-0.05, 0) is 59.8 Å². The van der Waals surface area contributed by atoms with Gasteiger partial charge in [-0.25, -0.2) is 0 Å². The largest absolute Gasteiger partial charge is 0.298 e. The number of allylic oxidation sites excluding steroid dienone is 2. The summed E-state index contributed by atoms with van der Waals surface area (Å²) in [6.45, 7) is 7.21. The van der Waals surface area contributed by atoms with Gasteiger partial charge in [0.15, 0.2) is 0 Å². The second kappa shape index (κ2) is 3.00. The van der Waals surface area contributed by atoms with Crippen LogP contribution in [0.5, 0.6) is 0 Å². The van der Waals surface area contributed by atoms with Crippen molar-refractivity contribution in [3.63, 3.8) is 0 Å². The Morgan fingerprint density at radius 1 is 1.38 bits per heavy atom. The lowest BCUT2D eigenvalue weighted by Crippen LogP contribution is -2.31. The Morgan fingerprint density at radius 3 is 2.81 bits per heavy atom. The normalized spacial score (nSPS) is 48.7. The van der Waals surface area contributed by atoms with E-state index in [9.17, 15) is 4.79 Å². The lowest BCUT2D eigenvalue weighted by molar-refractivity contribution is -0.105. The van der Waals surface area contributed by atoms with Crippen LogP contribution in [0.3, 0.4) is 0 Å². The van der Waals surface area contributed by atoms with Crippen molar-refractivity contribution >= 4 is 6.29 Å². The van der Waals surface area contributed by atoms with E-state index < -0.39 is 0 Å². The molecule has 0 aliphatic heterocycles. The molecule has 0 saturated heterocycles. The summed E-state index contributed by atoms with van der Waals surface area (Å²) in [6, 6.07) is 0. The highest BCUT2D eigenvalue weighted by molar-refractivity contribution is 5.76. The number of carbonyl (C=O) groups is 1. The molecular formula is C15H22O. The van der Waals surface area contributed by atoms with Gasteiger partial charge in [-0.2, -0.15) is 0 Å². The molecule has 4 atom stereocenters. The van der Waals surface area contributed by atoms with Crippen LogP contribution in [0.1, 0.15) is 46.5 Å². The Morgan fingerprint density at radius 2 is 2.12 bits per heavy atom. The first-order valence-electron chi connectivity index (χ1n) is 6.66. The molecule has 3 rings (SSSR count). The van der Waals surface area contributed by atoms with Crippen LogP contribution in [0.2, 0.25) is 0 Å². The second-order valence-electron chi connectivity index (χ2n) is 7.08. The summed E-state index contributed by atoms with van der Waals surface area (Å²) in [6.07, 6.45) is 8.63. The van der Waals surface area contributed by atoms with E-state index in [2.05, 4.69) is 26.8 Å². The summed E-state index contributed by atoms with van der Waals surface area (Å²) >= 11 is 0. The third-order valence-electron chi connectivity index (χ3n) is 5.63. The molecule has 0 aromatic rings. The molecule has 0 bridgehead atoms. The lowest BCUT2D eigenvalue weighted by atomic mass is 9.67. The van der Waals surface area contributed by atoms with Crippen molar-refractivity contribution < 1.29 is 4.79 Å². The molecule has 88 valence electrons. The monoisotopic (exact) mass is 218 g/mol. The first-order chi connectivity index (χ1) is 7.49. The Kier molecular flexibility index (Phi) is 1.98. The quantitative estimate of drug-likeness (QED) is 0.615. The molecule has 0 aromatic carbocycles. The van der Waals surface area contributed by atoms with Gasteiger partial charge in [-0.1, -0.05) is 26.8 Å². The Balaban J connectivity index is 2.06. The molecule has 0 N–H and O–H groups in total. The number of carbonyl (C=O) groups excluding carboxylic acids is 1. The number of hydrogen-bond donors (Lipinski definition) is 0. The maximum atomic E-state index is 11.2. The van der Waals surface area contributed by atoms with Crippen molar-refractivity contribution in [1.82, 2.24) is 0 Å². The SMILES string of the molecule is C[C@@H]1CC[C@H]2C(C=O)=C[C@@H]3CC(C)(C)CC132. The Labute approximate surface area is 98.3 Å². The summed E-state index contributed by atoms with van der Waals surface area (Å²) in [5.74, 6) is 2.08. The minimum absolute atomic E-state index is 0.458. The first kappa shape index (κ1) is 10.6. The van der Waals surface area contributed by atoms with Crippen LogP contribution in [-0.4, -0.2) is 6.29 Å². The third-order valence-corrected chi connectivity index (χ3v) is 5.63. The number of rotatable bonds is 1. The predicted octanol–water partition coefficient (Wildman–Crippen LogP) is 3.59. The average Bonchev–Trinajstić information content (AvgIpc) is 2.73. The smallest absolute Gasteiger partial charge is 0.146 e. The van der Waals surface area contributed by atoms with Gasteiger partial charge >= 0.3 is 0 Å². The minimum atomic E-state index is 0.458. The van der Waals surface area contributed by atoms with Gasteiger partial charge in [0.2, 0.25) is 0 Å². The van der Waals surface area contributed by atoms with E-state index in [-0.39, 0.29) is 0 Å². The summed E-state index contributed by atoms with van der Waals surface area (Å²) in [5, 5.41) is 0. The maximum Gasteiger partial charge on any atom is 0.146 e. The zero-order valence-electron chi connectivity index (χ0n) is 10.6. The fourth-order valence-electron chi connectivity index (χ4n) is 5.20. The third kappa shape index (κ3) is 1.10. The van der Waals surface area contributed by atoms with E-state index in [0.29, 0.717) is 22.7 Å². The molecule has 3 aliphatic rings. The molecular weight excluding hydrogens is 196 g/mol. The molecule has 0 heterocycles. The van der Waals surface area contributed by atoms with Crippen LogP contribution in [0.25, 0.3) is 0 Å². The van der Waals surface area contributed by atoms with Crippen LogP contribution in [0.15, 0.2) is 11.6 Å². The standard InChI is InChI=1S/C15H22O/c1-10-4-5-13-11(8-16)6-12-7-14(2,3)9-15(10,12)13/h6,8,10,12-13H,4-5,7,9H2,1-3H3/t10-,12-,13+,15?/m1/s1. The second-order valence-corrected chi connectivity index (χ2v) is 7.08. The number of aldehydes is 1. The molecule has 1 unspecified atom stereocenters. The summed E-state index contributed by atoms with van der Waals surface area (Å²) in [7, 11) is 0. The Hall–Kier alpha value is -0.590. The van der Waals surface area contributed by atoms with E-state index in [1.165, 1.54) is 25.7 Å². The summed E-state index contributed by atoms with van der Waals surface area (Å²) in [5.41, 5.74) is 2.07. The van der Waals surface area contributed by atoms with Crippen LogP contribution in [0.4, 0.5) is 0 Å². The van der Waals surface area contributed by atoms with Gasteiger partial charge < -0.3 is 0 Å². The van der Waals surface area contributed by atoms with Crippen LogP contribution in [-0.2, 0) is 4.79 Å². The van der Waals surface area contributed by atoms with Crippen molar-refractivity contribution in [3.8, 4) is 0 Å². The van der Waals surface area contributed by atoms with Gasteiger partial charge in [0.05, 0.1) is 0 Å². The van der Waals surface area contributed by atoms with E-state index in [4.69, 9.17) is 0 Å². The molecule has 0 radical (unpaired) electrons. The fourth-order valence-corrected chi connectivity index (χ4v) is 5.20. The predicted molar refractivity (Wildman–Crippen MR) is 65.0 cm³/mol. The van der Waals surface area contributed by atoms with Crippen molar-refractivity contribution in [2.24, 2.45) is 28.6 Å². The topological polar surface area (TPSA) is 17.1 Å². The molecule has 16 heavy (non-hydrogen) atoms. The summed E-state index contributed by atoms with van der Waals surface area (Å²) in [4.78, 5) is 11.2. The van der Waals surface area contributed by atoms with Crippen molar-refractivity contribution in [2.45, 2.75) is 46.5 Å². The first-order valence-corrected chi connectivity index (χ1v) is 6.66. The van der Waals surface area contributed by atoms with Crippen LogP contribution >= 0.6 is 0 Å².